The van der Waals surface area contributed by atoms with E-state index < -0.39 is 7.12 Å². The summed E-state index contributed by atoms with van der Waals surface area (Å²) in [6.07, 6.45) is 5.12. The van der Waals surface area contributed by atoms with E-state index >= 15 is 0 Å². The van der Waals surface area contributed by atoms with Crippen molar-refractivity contribution in [3.05, 3.63) is 30.9 Å². The largest absolute Gasteiger partial charge is 0.516 e. The predicted molar refractivity (Wildman–Crippen MR) is 71.5 cm³/mol. The first-order valence-corrected chi connectivity index (χ1v) is 6.33. The molecule has 2 aromatic rings. The van der Waals surface area contributed by atoms with Crippen molar-refractivity contribution >= 4 is 12.7 Å². The van der Waals surface area contributed by atoms with E-state index in [1.807, 2.05) is 46.0 Å². The van der Waals surface area contributed by atoms with Crippen LogP contribution in [0.15, 0.2) is 35.3 Å². The topological polar surface area (TPSA) is 49.4 Å². The van der Waals surface area contributed by atoms with Gasteiger partial charge in [0.2, 0.25) is 0 Å². The van der Waals surface area contributed by atoms with Gasteiger partial charge in [-0.2, -0.15) is 5.10 Å². The molecule has 0 saturated carbocycles. The average molecular weight is 260 g/mol. The normalized spacial score (nSPS) is 20.9. The van der Waals surface area contributed by atoms with Crippen LogP contribution in [-0.4, -0.2) is 28.1 Å². The fourth-order valence-corrected chi connectivity index (χ4v) is 1.96. The van der Waals surface area contributed by atoms with Crippen molar-refractivity contribution in [2.24, 2.45) is 0 Å². The minimum absolute atomic E-state index is 0.350. The molecule has 0 N–H and O–H groups in total. The highest BCUT2D eigenvalue weighted by Crippen LogP contribution is 2.36. The molecule has 0 aliphatic carbocycles. The molecule has 6 heteroatoms. The van der Waals surface area contributed by atoms with Gasteiger partial charge < -0.3 is 13.7 Å². The Balaban J connectivity index is 1.85. The number of furan rings is 1. The molecule has 0 spiro atoms. The Bertz CT molecular complexity index is 558. The summed E-state index contributed by atoms with van der Waals surface area (Å²) in [4.78, 5) is 0. The molecular weight excluding hydrogens is 243 g/mol. The second-order valence-corrected chi connectivity index (χ2v) is 5.75. The van der Waals surface area contributed by atoms with Crippen molar-refractivity contribution in [2.45, 2.75) is 38.9 Å². The predicted octanol–water partition coefficient (Wildman–Crippen LogP) is 1.76. The molecule has 1 saturated heterocycles. The zero-order valence-electron chi connectivity index (χ0n) is 11.6. The molecule has 0 aromatic carbocycles. The molecule has 100 valence electrons. The molecule has 0 bridgehead atoms. The van der Waals surface area contributed by atoms with Crippen LogP contribution in [0, 0.1) is 0 Å². The van der Waals surface area contributed by atoms with E-state index in [1.165, 1.54) is 0 Å². The van der Waals surface area contributed by atoms with Gasteiger partial charge in [0.05, 0.1) is 23.1 Å². The summed E-state index contributed by atoms with van der Waals surface area (Å²) >= 11 is 0. The third-order valence-electron chi connectivity index (χ3n) is 3.88. The summed E-state index contributed by atoms with van der Waals surface area (Å²) in [5, 5.41) is 4.47. The van der Waals surface area contributed by atoms with E-state index in [0.29, 0.717) is 0 Å². The van der Waals surface area contributed by atoms with Gasteiger partial charge in [-0.25, -0.2) is 4.68 Å². The number of nitrogens with zero attached hydrogens (tertiary/aromatic N) is 2. The van der Waals surface area contributed by atoms with E-state index in [9.17, 15) is 0 Å². The van der Waals surface area contributed by atoms with Crippen LogP contribution < -0.4 is 5.59 Å². The number of hydrogen-bond donors (Lipinski definition) is 0. The van der Waals surface area contributed by atoms with Gasteiger partial charge in [-0.05, 0) is 33.8 Å². The summed E-state index contributed by atoms with van der Waals surface area (Å²) in [7, 11) is -0.432. The molecule has 19 heavy (non-hydrogen) atoms. The first-order chi connectivity index (χ1) is 8.89. The number of hydrogen-bond acceptors (Lipinski definition) is 4. The van der Waals surface area contributed by atoms with Gasteiger partial charge in [-0.1, -0.05) is 0 Å². The first-order valence-electron chi connectivity index (χ1n) is 6.33. The highest BCUT2D eigenvalue weighted by atomic mass is 16.7. The van der Waals surface area contributed by atoms with Gasteiger partial charge >= 0.3 is 7.12 Å². The van der Waals surface area contributed by atoms with Crippen molar-refractivity contribution in [2.75, 3.05) is 0 Å². The van der Waals surface area contributed by atoms with E-state index in [0.717, 1.165) is 11.3 Å². The number of aromatic nitrogens is 2. The zero-order valence-corrected chi connectivity index (χ0v) is 11.6. The van der Waals surface area contributed by atoms with Crippen molar-refractivity contribution in [1.29, 1.82) is 0 Å². The lowest BCUT2D eigenvalue weighted by molar-refractivity contribution is 0.00578. The lowest BCUT2D eigenvalue weighted by Crippen LogP contribution is -2.41. The van der Waals surface area contributed by atoms with Crippen LogP contribution in [0.25, 0.3) is 5.69 Å². The van der Waals surface area contributed by atoms with Gasteiger partial charge in [0.1, 0.15) is 12.0 Å². The van der Waals surface area contributed by atoms with E-state index in [-0.39, 0.29) is 11.2 Å². The summed E-state index contributed by atoms with van der Waals surface area (Å²) < 4.78 is 18.7. The van der Waals surface area contributed by atoms with Gasteiger partial charge in [0, 0.05) is 12.3 Å². The highest BCUT2D eigenvalue weighted by molar-refractivity contribution is 6.61. The molecule has 3 rings (SSSR count). The molecule has 1 aliphatic heterocycles. The van der Waals surface area contributed by atoms with E-state index in [2.05, 4.69) is 5.10 Å². The maximum Gasteiger partial charge on any atom is 0.516 e. The Labute approximate surface area is 112 Å². The Morgan fingerprint density at radius 3 is 2.37 bits per heavy atom. The molecule has 2 aromatic heterocycles. The molecule has 1 aliphatic rings. The van der Waals surface area contributed by atoms with Crippen LogP contribution in [0.4, 0.5) is 0 Å². The minimum Gasteiger partial charge on any atom is -0.470 e. The Morgan fingerprint density at radius 1 is 1.11 bits per heavy atom. The summed E-state index contributed by atoms with van der Waals surface area (Å²) in [5.74, 6) is 0. The van der Waals surface area contributed by atoms with Gasteiger partial charge in [-0.15, -0.1) is 0 Å². The van der Waals surface area contributed by atoms with E-state index in [1.54, 1.807) is 17.2 Å². The van der Waals surface area contributed by atoms with Crippen molar-refractivity contribution in [1.82, 2.24) is 9.78 Å². The monoisotopic (exact) mass is 260 g/mol. The Morgan fingerprint density at radius 2 is 1.79 bits per heavy atom. The van der Waals surface area contributed by atoms with Crippen LogP contribution in [0.3, 0.4) is 0 Å². The van der Waals surface area contributed by atoms with Crippen molar-refractivity contribution in [3.8, 4) is 5.69 Å². The Kier molecular flexibility index (Phi) is 2.62. The molecule has 5 nitrogen and oxygen atoms in total. The molecule has 1 fully saturated rings. The Hall–Kier alpha value is -1.53. The average Bonchev–Trinajstić information content (AvgIpc) is 3.00. The van der Waals surface area contributed by atoms with Crippen LogP contribution in [0.5, 0.6) is 0 Å². The van der Waals surface area contributed by atoms with E-state index in [4.69, 9.17) is 13.7 Å². The fourth-order valence-electron chi connectivity index (χ4n) is 1.96. The summed E-state index contributed by atoms with van der Waals surface area (Å²) in [6, 6.07) is 3.75. The zero-order chi connectivity index (χ0) is 13.7. The molecule has 3 heterocycles. The molecular formula is C13H17BN2O3. The molecule has 0 radical (unpaired) electrons. The van der Waals surface area contributed by atoms with Gasteiger partial charge in [0.25, 0.3) is 0 Å². The SMILES string of the molecule is CC1(C)OB(c2ccn(-c3ccoc3)n2)OC1(C)C. The summed E-state index contributed by atoms with van der Waals surface area (Å²) in [5.41, 5.74) is 0.941. The van der Waals surface area contributed by atoms with Crippen LogP contribution in [0.2, 0.25) is 0 Å². The number of rotatable bonds is 2. The lowest BCUT2D eigenvalue weighted by Gasteiger charge is -2.32. The minimum atomic E-state index is -0.432. The lowest BCUT2D eigenvalue weighted by atomic mass is 9.85. The second-order valence-electron chi connectivity index (χ2n) is 5.75. The first kappa shape index (κ1) is 12.5. The van der Waals surface area contributed by atoms with Crippen molar-refractivity contribution in [3.63, 3.8) is 0 Å². The highest BCUT2D eigenvalue weighted by Gasteiger charge is 2.52. The standard InChI is InChI=1S/C13H17BN2O3/c1-12(2)13(3,4)19-14(18-12)11-5-7-16(15-11)10-6-8-17-9-10/h5-9H,1-4H3. The third kappa shape index (κ3) is 2.01. The van der Waals surface area contributed by atoms with Crippen LogP contribution in [-0.2, 0) is 9.31 Å². The molecule has 0 unspecified atom stereocenters. The van der Waals surface area contributed by atoms with Crippen LogP contribution >= 0.6 is 0 Å². The third-order valence-corrected chi connectivity index (χ3v) is 3.88. The smallest absolute Gasteiger partial charge is 0.470 e. The maximum atomic E-state index is 5.96. The molecule has 0 amide bonds. The maximum absolute atomic E-state index is 5.96. The van der Waals surface area contributed by atoms with Gasteiger partial charge in [-0.3, -0.25) is 0 Å². The van der Waals surface area contributed by atoms with Crippen LogP contribution in [0.1, 0.15) is 27.7 Å². The fraction of sp³-hybridized carbons (Fsp3) is 0.462. The van der Waals surface area contributed by atoms with Gasteiger partial charge in [0.15, 0.2) is 0 Å². The van der Waals surface area contributed by atoms with Crippen molar-refractivity contribution < 1.29 is 13.7 Å². The second kappa shape index (κ2) is 3.98. The quantitative estimate of drug-likeness (QED) is 0.772. The summed E-state index contributed by atoms with van der Waals surface area (Å²) in [6.45, 7) is 8.11. The molecule has 0 atom stereocenters.